The summed E-state index contributed by atoms with van der Waals surface area (Å²) >= 11 is 0. The van der Waals surface area contributed by atoms with Crippen molar-refractivity contribution >= 4 is 0 Å². The molecule has 0 aromatic heterocycles. The quantitative estimate of drug-likeness (QED) is 0.582. The molecule has 0 bridgehead atoms. The number of hydrogen-bond acceptors (Lipinski definition) is 1. The number of hydrogen-bond donors (Lipinski definition) is 1. The molecule has 0 unspecified atom stereocenters. The minimum absolute atomic E-state index is 0. The van der Waals surface area contributed by atoms with E-state index in [1.54, 1.807) is 0 Å². The highest BCUT2D eigenvalue weighted by Crippen LogP contribution is 2.16. The molecule has 0 fully saturated rings. The monoisotopic (exact) mass is 117 g/mol. The zero-order valence-electron chi connectivity index (χ0n) is 6.41. The van der Waals surface area contributed by atoms with Gasteiger partial charge in [-0.2, -0.15) is 0 Å². The van der Waals surface area contributed by atoms with Gasteiger partial charge in [-0.1, -0.05) is 20.8 Å². The normalized spacial score (nSPS) is 12.0. The van der Waals surface area contributed by atoms with Crippen LogP contribution in [0.1, 0.15) is 28.6 Å². The second kappa shape index (κ2) is 3.08. The van der Waals surface area contributed by atoms with E-state index in [4.69, 9.17) is 0 Å². The van der Waals surface area contributed by atoms with Gasteiger partial charge in [-0.3, -0.25) is 0 Å². The summed E-state index contributed by atoms with van der Waals surface area (Å²) < 4.78 is 0. The molecule has 0 saturated heterocycles. The molecule has 0 saturated carbocycles. The fraction of sp³-hybridized carbons (Fsp3) is 1.00. The highest BCUT2D eigenvalue weighted by atomic mass is 14.8. The standard InChI is InChI=1S/C7H17N.H2/c1-7(2,3)5-6-8-4;/h8H,5-6H2,1-4H3;1H. The van der Waals surface area contributed by atoms with Gasteiger partial charge >= 0.3 is 0 Å². The number of nitrogens with one attached hydrogen (secondary N) is 1. The summed E-state index contributed by atoms with van der Waals surface area (Å²) in [4.78, 5) is 0. The van der Waals surface area contributed by atoms with Crippen LogP contribution < -0.4 is 5.32 Å². The Bertz CT molecular complexity index is 56.4. The van der Waals surface area contributed by atoms with Crippen LogP contribution in [0.4, 0.5) is 0 Å². The van der Waals surface area contributed by atoms with E-state index in [0.29, 0.717) is 5.41 Å². The molecular weight excluding hydrogens is 98.1 g/mol. The van der Waals surface area contributed by atoms with E-state index >= 15 is 0 Å². The summed E-state index contributed by atoms with van der Waals surface area (Å²) in [6.07, 6.45) is 1.25. The molecule has 0 aliphatic heterocycles. The molecule has 52 valence electrons. The maximum Gasteiger partial charge on any atom is 0 e. The molecule has 0 radical (unpaired) electrons. The summed E-state index contributed by atoms with van der Waals surface area (Å²) in [7, 11) is 1.99. The molecule has 1 heteroatoms. The van der Waals surface area contributed by atoms with Crippen LogP contribution in [0.2, 0.25) is 0 Å². The first-order valence-electron chi connectivity index (χ1n) is 3.21. The lowest BCUT2D eigenvalue weighted by Crippen LogP contribution is -2.16. The van der Waals surface area contributed by atoms with Crippen molar-refractivity contribution in [2.75, 3.05) is 13.6 Å². The lowest BCUT2D eigenvalue weighted by molar-refractivity contribution is 0.373. The Morgan fingerprint density at radius 1 is 1.38 bits per heavy atom. The van der Waals surface area contributed by atoms with Gasteiger partial charge in [-0.15, -0.1) is 0 Å². The second-order valence-corrected chi connectivity index (χ2v) is 3.41. The maximum absolute atomic E-state index is 3.12. The Morgan fingerprint density at radius 3 is 2.00 bits per heavy atom. The fourth-order valence-corrected chi connectivity index (χ4v) is 0.500. The lowest BCUT2D eigenvalue weighted by atomic mass is 9.92. The molecule has 1 nitrogen and oxygen atoms in total. The fourth-order valence-electron chi connectivity index (χ4n) is 0.500. The minimum Gasteiger partial charge on any atom is -0.320 e. The highest BCUT2D eigenvalue weighted by molar-refractivity contribution is 4.61. The lowest BCUT2D eigenvalue weighted by Gasteiger charge is -2.16. The van der Waals surface area contributed by atoms with Crippen molar-refractivity contribution in [3.05, 3.63) is 0 Å². The molecule has 0 amide bonds. The predicted octanol–water partition coefficient (Wildman–Crippen LogP) is 1.89. The summed E-state index contributed by atoms with van der Waals surface area (Å²) in [5.74, 6) is 0. The highest BCUT2D eigenvalue weighted by Gasteiger charge is 2.07. The third-order valence-electron chi connectivity index (χ3n) is 1.12. The smallest absolute Gasteiger partial charge is 0 e. The van der Waals surface area contributed by atoms with E-state index in [0.717, 1.165) is 6.54 Å². The first kappa shape index (κ1) is 7.96. The maximum atomic E-state index is 3.12. The van der Waals surface area contributed by atoms with E-state index in [1.165, 1.54) is 6.42 Å². The van der Waals surface area contributed by atoms with Gasteiger partial charge in [-0.05, 0) is 25.4 Å². The molecule has 0 aliphatic carbocycles. The van der Waals surface area contributed by atoms with Crippen molar-refractivity contribution in [3.63, 3.8) is 0 Å². The summed E-state index contributed by atoms with van der Waals surface area (Å²) in [5.41, 5.74) is 0.489. The Kier molecular flexibility index (Phi) is 3.06. The van der Waals surface area contributed by atoms with Gasteiger partial charge in [0.25, 0.3) is 0 Å². The van der Waals surface area contributed by atoms with E-state index in [-0.39, 0.29) is 1.43 Å². The van der Waals surface area contributed by atoms with Crippen molar-refractivity contribution in [1.29, 1.82) is 0 Å². The van der Waals surface area contributed by atoms with Crippen LogP contribution in [0.15, 0.2) is 0 Å². The molecule has 0 aromatic carbocycles. The van der Waals surface area contributed by atoms with Crippen LogP contribution in [-0.4, -0.2) is 13.6 Å². The van der Waals surface area contributed by atoms with Gasteiger partial charge in [0, 0.05) is 1.43 Å². The van der Waals surface area contributed by atoms with Crippen LogP contribution in [-0.2, 0) is 0 Å². The van der Waals surface area contributed by atoms with Crippen molar-refractivity contribution < 1.29 is 1.43 Å². The predicted molar refractivity (Wildman–Crippen MR) is 40.1 cm³/mol. The topological polar surface area (TPSA) is 12.0 Å². The largest absolute Gasteiger partial charge is 0.320 e. The Balaban J connectivity index is 0. The van der Waals surface area contributed by atoms with Crippen LogP contribution >= 0.6 is 0 Å². The zero-order valence-corrected chi connectivity index (χ0v) is 6.41. The van der Waals surface area contributed by atoms with E-state index in [1.807, 2.05) is 7.05 Å². The molecule has 8 heavy (non-hydrogen) atoms. The Morgan fingerprint density at radius 2 is 1.88 bits per heavy atom. The van der Waals surface area contributed by atoms with Gasteiger partial charge in [-0.25, -0.2) is 0 Å². The molecule has 0 spiro atoms. The van der Waals surface area contributed by atoms with Gasteiger partial charge in [0.15, 0.2) is 0 Å². The molecule has 0 aromatic rings. The number of rotatable bonds is 2. The van der Waals surface area contributed by atoms with Gasteiger partial charge in [0.2, 0.25) is 0 Å². The first-order valence-corrected chi connectivity index (χ1v) is 3.21. The van der Waals surface area contributed by atoms with Crippen LogP contribution in [0.5, 0.6) is 0 Å². The van der Waals surface area contributed by atoms with Crippen molar-refractivity contribution in [1.82, 2.24) is 5.32 Å². The third-order valence-corrected chi connectivity index (χ3v) is 1.12. The SMILES string of the molecule is CNCCC(C)(C)C.[HH]. The third kappa shape index (κ3) is 5.96. The Hall–Kier alpha value is -0.0400. The molecule has 0 rings (SSSR count). The van der Waals surface area contributed by atoms with Gasteiger partial charge in [0.1, 0.15) is 0 Å². The summed E-state index contributed by atoms with van der Waals surface area (Å²) in [5, 5.41) is 3.12. The van der Waals surface area contributed by atoms with Gasteiger partial charge in [0.05, 0.1) is 0 Å². The summed E-state index contributed by atoms with van der Waals surface area (Å²) in [6.45, 7) is 7.89. The van der Waals surface area contributed by atoms with Crippen LogP contribution in [0, 0.1) is 5.41 Å². The van der Waals surface area contributed by atoms with Crippen LogP contribution in [0.25, 0.3) is 0 Å². The second-order valence-electron chi connectivity index (χ2n) is 3.41. The molecular formula is C7H19N. The average molecular weight is 117 g/mol. The van der Waals surface area contributed by atoms with Crippen LogP contribution in [0.3, 0.4) is 0 Å². The minimum atomic E-state index is 0. The first-order chi connectivity index (χ1) is 3.56. The van der Waals surface area contributed by atoms with Crippen molar-refractivity contribution in [2.45, 2.75) is 27.2 Å². The Labute approximate surface area is 54.0 Å². The molecule has 0 atom stereocenters. The van der Waals surface area contributed by atoms with E-state index in [9.17, 15) is 0 Å². The van der Waals surface area contributed by atoms with Crippen molar-refractivity contribution in [2.24, 2.45) is 5.41 Å². The van der Waals surface area contributed by atoms with E-state index in [2.05, 4.69) is 26.1 Å². The zero-order chi connectivity index (χ0) is 6.62. The average Bonchev–Trinajstić information content (AvgIpc) is 1.59. The van der Waals surface area contributed by atoms with E-state index < -0.39 is 0 Å². The molecule has 1 N–H and O–H groups in total. The van der Waals surface area contributed by atoms with Gasteiger partial charge < -0.3 is 5.32 Å². The van der Waals surface area contributed by atoms with Crippen molar-refractivity contribution in [3.8, 4) is 0 Å². The molecule has 0 heterocycles. The summed E-state index contributed by atoms with van der Waals surface area (Å²) in [6, 6.07) is 0. The molecule has 0 aliphatic rings.